The molecule has 4 aromatic rings. The normalized spacial score (nSPS) is 16.5. The van der Waals surface area contributed by atoms with Gasteiger partial charge in [-0.05, 0) is 57.0 Å². The zero-order valence-corrected chi connectivity index (χ0v) is 17.3. The van der Waals surface area contributed by atoms with Crippen LogP contribution in [0.1, 0.15) is 34.6 Å². The Morgan fingerprint density at radius 2 is 1.93 bits per heavy atom. The first-order valence-corrected chi connectivity index (χ1v) is 10.5. The van der Waals surface area contributed by atoms with Gasteiger partial charge in [0.2, 0.25) is 5.78 Å². The third kappa shape index (κ3) is 3.39. The van der Waals surface area contributed by atoms with Crippen LogP contribution in [-0.2, 0) is 11.3 Å². The van der Waals surface area contributed by atoms with Gasteiger partial charge < -0.3 is 18.5 Å². The van der Waals surface area contributed by atoms with Gasteiger partial charge in [0.05, 0.1) is 6.10 Å². The van der Waals surface area contributed by atoms with Crippen molar-refractivity contribution in [1.29, 1.82) is 0 Å². The maximum absolute atomic E-state index is 12.9. The molecule has 5 nitrogen and oxygen atoms in total. The first-order chi connectivity index (χ1) is 14.6. The smallest absolute Gasteiger partial charge is 0.202 e. The first-order valence-electron chi connectivity index (χ1n) is 10.5. The molecule has 30 heavy (non-hydrogen) atoms. The minimum atomic E-state index is -0.0150. The summed E-state index contributed by atoms with van der Waals surface area (Å²) in [6.45, 7) is 5.68. The van der Waals surface area contributed by atoms with E-state index in [1.54, 1.807) is 0 Å². The fourth-order valence-corrected chi connectivity index (χ4v) is 4.38. The summed E-state index contributed by atoms with van der Waals surface area (Å²) in [4.78, 5) is 12.9. The molecular weight excluding hydrogens is 378 g/mol. The molecule has 0 bridgehead atoms. The maximum atomic E-state index is 12.9. The Balaban J connectivity index is 1.33. The van der Waals surface area contributed by atoms with E-state index in [1.807, 2.05) is 62.4 Å². The molecule has 1 aliphatic heterocycles. The molecule has 0 N–H and O–H groups in total. The predicted octanol–water partition coefficient (Wildman–Crippen LogP) is 5.45. The van der Waals surface area contributed by atoms with Gasteiger partial charge in [-0.25, -0.2) is 0 Å². The average Bonchev–Trinajstić information content (AvgIpc) is 3.46. The SMILES string of the molecule is Cc1cc(C(=O)COc2ccc3oc4ccccc4c3c2)c(C)n1C[C@@H]1CCCO1. The molecule has 2 aromatic heterocycles. The summed E-state index contributed by atoms with van der Waals surface area (Å²) in [6.07, 6.45) is 2.43. The van der Waals surface area contributed by atoms with Crippen molar-refractivity contribution in [3.05, 3.63) is 65.5 Å². The topological polar surface area (TPSA) is 53.6 Å². The van der Waals surface area contributed by atoms with Gasteiger partial charge in [-0.15, -0.1) is 0 Å². The zero-order valence-electron chi connectivity index (χ0n) is 17.3. The Bertz CT molecular complexity index is 1230. The van der Waals surface area contributed by atoms with Crippen LogP contribution >= 0.6 is 0 Å². The second-order valence-corrected chi connectivity index (χ2v) is 8.00. The summed E-state index contributed by atoms with van der Waals surface area (Å²) in [5.74, 6) is 0.648. The van der Waals surface area contributed by atoms with Crippen LogP contribution in [0.4, 0.5) is 0 Å². The molecule has 1 saturated heterocycles. The van der Waals surface area contributed by atoms with Gasteiger partial charge in [-0.3, -0.25) is 4.79 Å². The van der Waals surface area contributed by atoms with E-state index in [-0.39, 0.29) is 18.5 Å². The van der Waals surface area contributed by atoms with E-state index >= 15 is 0 Å². The number of carbonyl (C=O) groups is 1. The first kappa shape index (κ1) is 18.9. The second kappa shape index (κ2) is 7.65. The third-order valence-corrected chi connectivity index (χ3v) is 6.00. The number of aromatic nitrogens is 1. The Kier molecular flexibility index (Phi) is 4.83. The van der Waals surface area contributed by atoms with Gasteiger partial charge in [0.15, 0.2) is 6.61 Å². The van der Waals surface area contributed by atoms with Gasteiger partial charge in [0.1, 0.15) is 16.9 Å². The lowest BCUT2D eigenvalue weighted by atomic mass is 10.1. The summed E-state index contributed by atoms with van der Waals surface area (Å²) < 4.78 is 19.7. The van der Waals surface area contributed by atoms with E-state index < -0.39 is 0 Å². The molecule has 0 saturated carbocycles. The number of ether oxygens (including phenoxy) is 2. The van der Waals surface area contributed by atoms with Crippen molar-refractivity contribution in [2.45, 2.75) is 39.3 Å². The molecule has 0 spiro atoms. The number of hydrogen-bond acceptors (Lipinski definition) is 4. The average molecular weight is 403 g/mol. The van der Waals surface area contributed by atoms with Gasteiger partial charge in [-0.1, -0.05) is 18.2 Å². The molecule has 1 atom stereocenters. The molecule has 1 fully saturated rings. The van der Waals surface area contributed by atoms with Crippen LogP contribution in [0, 0.1) is 13.8 Å². The second-order valence-electron chi connectivity index (χ2n) is 8.00. The van der Waals surface area contributed by atoms with Crippen LogP contribution in [0.2, 0.25) is 0 Å². The number of furan rings is 1. The van der Waals surface area contributed by atoms with Gasteiger partial charge in [-0.2, -0.15) is 0 Å². The van der Waals surface area contributed by atoms with E-state index in [2.05, 4.69) is 4.57 Å². The number of Topliss-reactive ketones (excluding diaryl/α,β-unsaturated/α-hetero) is 1. The summed E-state index contributed by atoms with van der Waals surface area (Å²) in [6, 6.07) is 15.6. The lowest BCUT2D eigenvalue weighted by Gasteiger charge is -2.14. The Morgan fingerprint density at radius 1 is 1.10 bits per heavy atom. The minimum absolute atomic E-state index is 0.00547. The number of carbonyl (C=O) groups excluding carboxylic acids is 1. The molecule has 5 heteroatoms. The van der Waals surface area contributed by atoms with Gasteiger partial charge in [0, 0.05) is 40.9 Å². The van der Waals surface area contributed by atoms with Crippen molar-refractivity contribution in [3.8, 4) is 5.75 Å². The van der Waals surface area contributed by atoms with Crippen molar-refractivity contribution in [2.24, 2.45) is 0 Å². The third-order valence-electron chi connectivity index (χ3n) is 6.00. The van der Waals surface area contributed by atoms with Crippen LogP contribution in [0.5, 0.6) is 5.75 Å². The van der Waals surface area contributed by atoms with Crippen LogP contribution < -0.4 is 4.74 Å². The minimum Gasteiger partial charge on any atom is -0.485 e. The van der Waals surface area contributed by atoms with Gasteiger partial charge in [0.25, 0.3) is 0 Å². The van der Waals surface area contributed by atoms with Crippen molar-refractivity contribution >= 4 is 27.7 Å². The number of aryl methyl sites for hydroxylation is 1. The number of rotatable bonds is 6. The highest BCUT2D eigenvalue weighted by atomic mass is 16.5. The molecule has 1 aliphatic rings. The summed E-state index contributed by atoms with van der Waals surface area (Å²) in [5.41, 5.74) is 4.44. The molecule has 3 heterocycles. The molecule has 2 aromatic carbocycles. The standard InChI is InChI=1S/C25H25NO4/c1-16-12-21(17(2)26(16)14-19-6-5-11-28-19)23(27)15-29-18-9-10-25-22(13-18)20-7-3-4-8-24(20)30-25/h3-4,7-10,12-13,19H,5-6,11,14-15H2,1-2H3/t19-/m0/s1. The van der Waals surface area contributed by atoms with E-state index in [4.69, 9.17) is 13.9 Å². The molecule has 0 amide bonds. The van der Waals surface area contributed by atoms with Crippen molar-refractivity contribution < 1.29 is 18.7 Å². The van der Waals surface area contributed by atoms with Gasteiger partial charge >= 0.3 is 0 Å². The van der Waals surface area contributed by atoms with Crippen molar-refractivity contribution in [1.82, 2.24) is 4.57 Å². The fraction of sp³-hybridized carbons (Fsp3) is 0.320. The highest BCUT2D eigenvalue weighted by Gasteiger charge is 2.21. The highest BCUT2D eigenvalue weighted by molar-refractivity contribution is 6.05. The number of para-hydroxylation sites is 1. The lowest BCUT2D eigenvalue weighted by Crippen LogP contribution is -2.18. The van der Waals surface area contributed by atoms with Crippen LogP contribution in [0.15, 0.2) is 52.9 Å². The monoisotopic (exact) mass is 403 g/mol. The zero-order chi connectivity index (χ0) is 20.7. The van der Waals surface area contributed by atoms with E-state index in [9.17, 15) is 4.79 Å². The molecular formula is C25H25NO4. The Morgan fingerprint density at radius 3 is 2.77 bits per heavy atom. The number of hydrogen-bond donors (Lipinski definition) is 0. The van der Waals surface area contributed by atoms with Crippen LogP contribution in [0.25, 0.3) is 21.9 Å². The lowest BCUT2D eigenvalue weighted by molar-refractivity contribution is 0.0914. The number of ketones is 1. The van der Waals surface area contributed by atoms with Crippen molar-refractivity contribution in [2.75, 3.05) is 13.2 Å². The summed E-state index contributed by atoms with van der Waals surface area (Å²) in [7, 11) is 0. The van der Waals surface area contributed by atoms with E-state index in [0.717, 1.165) is 64.9 Å². The molecule has 5 rings (SSSR count). The molecule has 0 aliphatic carbocycles. The maximum Gasteiger partial charge on any atom is 0.202 e. The highest BCUT2D eigenvalue weighted by Crippen LogP contribution is 2.31. The molecule has 0 radical (unpaired) electrons. The Hall–Kier alpha value is -3.05. The summed E-state index contributed by atoms with van der Waals surface area (Å²) >= 11 is 0. The van der Waals surface area contributed by atoms with Crippen LogP contribution in [-0.4, -0.2) is 29.7 Å². The van der Waals surface area contributed by atoms with E-state index in [0.29, 0.717) is 5.75 Å². The number of benzene rings is 2. The fourth-order valence-electron chi connectivity index (χ4n) is 4.38. The van der Waals surface area contributed by atoms with Crippen LogP contribution in [0.3, 0.4) is 0 Å². The number of fused-ring (bicyclic) bond motifs is 3. The quantitative estimate of drug-likeness (QED) is 0.402. The largest absolute Gasteiger partial charge is 0.485 e. The molecule has 0 unspecified atom stereocenters. The molecule has 154 valence electrons. The van der Waals surface area contributed by atoms with Crippen molar-refractivity contribution in [3.63, 3.8) is 0 Å². The predicted molar refractivity (Wildman–Crippen MR) is 116 cm³/mol. The van der Waals surface area contributed by atoms with E-state index in [1.165, 1.54) is 0 Å². The Labute approximate surface area is 175 Å². The number of nitrogens with zero attached hydrogens (tertiary/aromatic N) is 1. The summed E-state index contributed by atoms with van der Waals surface area (Å²) in [5, 5.41) is 2.03.